The molecule has 23 heavy (non-hydrogen) atoms. The first-order valence-corrected chi connectivity index (χ1v) is 8.34. The second-order valence-electron chi connectivity index (χ2n) is 6.20. The van der Waals surface area contributed by atoms with Gasteiger partial charge in [0.05, 0.1) is 5.56 Å². The van der Waals surface area contributed by atoms with Crippen molar-refractivity contribution in [3.8, 4) is 23.2 Å². The van der Waals surface area contributed by atoms with Gasteiger partial charge >= 0.3 is 0 Å². The van der Waals surface area contributed by atoms with Gasteiger partial charge in [-0.3, -0.25) is 0 Å². The van der Waals surface area contributed by atoms with Crippen molar-refractivity contribution in [2.24, 2.45) is 11.8 Å². The molecule has 1 fully saturated rings. The molecule has 1 aromatic heterocycles. The van der Waals surface area contributed by atoms with Gasteiger partial charge in [-0.05, 0) is 55.9 Å². The molecule has 1 aromatic carbocycles. The first kappa shape index (κ1) is 15.7. The van der Waals surface area contributed by atoms with Gasteiger partial charge in [0.2, 0.25) is 0 Å². The lowest BCUT2D eigenvalue weighted by Gasteiger charge is -2.24. The Balaban J connectivity index is 1.64. The zero-order chi connectivity index (χ0) is 16.1. The van der Waals surface area contributed by atoms with Crippen molar-refractivity contribution >= 4 is 0 Å². The van der Waals surface area contributed by atoms with Crippen LogP contribution in [-0.4, -0.2) is 9.97 Å². The van der Waals surface area contributed by atoms with Crippen molar-refractivity contribution in [3.63, 3.8) is 0 Å². The summed E-state index contributed by atoms with van der Waals surface area (Å²) < 4.78 is 12.9. The summed E-state index contributed by atoms with van der Waals surface area (Å²) in [6.45, 7) is 2.27. The number of nitrogens with zero attached hydrogens (tertiary/aromatic N) is 2. The molecule has 0 bridgehead atoms. The Labute approximate surface area is 137 Å². The molecule has 0 N–H and O–H groups in total. The monoisotopic (exact) mass is 308 g/mol. The van der Waals surface area contributed by atoms with Crippen molar-refractivity contribution in [2.45, 2.75) is 39.0 Å². The maximum Gasteiger partial charge on any atom is 0.159 e. The lowest BCUT2D eigenvalue weighted by Crippen LogP contribution is -2.12. The van der Waals surface area contributed by atoms with Gasteiger partial charge in [0.25, 0.3) is 0 Å². The third-order valence-corrected chi connectivity index (χ3v) is 4.60. The van der Waals surface area contributed by atoms with Gasteiger partial charge in [0.1, 0.15) is 5.82 Å². The molecular formula is C20H21FN2. The molecule has 0 saturated heterocycles. The fourth-order valence-corrected chi connectivity index (χ4v) is 3.04. The normalized spacial score (nSPS) is 20.6. The number of hydrogen-bond acceptors (Lipinski definition) is 2. The van der Waals surface area contributed by atoms with E-state index in [9.17, 15) is 4.39 Å². The van der Waals surface area contributed by atoms with Crippen LogP contribution < -0.4 is 0 Å². The molecule has 1 aliphatic carbocycles. The first-order chi connectivity index (χ1) is 11.2. The molecule has 118 valence electrons. The average Bonchev–Trinajstić information content (AvgIpc) is 2.61. The van der Waals surface area contributed by atoms with E-state index in [4.69, 9.17) is 0 Å². The second-order valence-corrected chi connectivity index (χ2v) is 6.20. The van der Waals surface area contributed by atoms with Crippen LogP contribution in [0, 0.1) is 29.5 Å². The van der Waals surface area contributed by atoms with Crippen molar-refractivity contribution in [1.29, 1.82) is 0 Å². The molecule has 0 spiro atoms. The summed E-state index contributed by atoms with van der Waals surface area (Å²) in [6.07, 6.45) is 9.80. The van der Waals surface area contributed by atoms with E-state index in [0.29, 0.717) is 11.7 Å². The number of rotatable bonds is 2. The summed E-state index contributed by atoms with van der Waals surface area (Å²) in [5, 5.41) is 0. The molecule has 2 aromatic rings. The molecule has 1 heterocycles. The van der Waals surface area contributed by atoms with Crippen LogP contribution in [-0.2, 0) is 0 Å². The number of halogens is 1. The molecule has 1 saturated carbocycles. The van der Waals surface area contributed by atoms with Crippen molar-refractivity contribution in [1.82, 2.24) is 9.97 Å². The predicted octanol–water partition coefficient (Wildman–Crippen LogP) is 4.85. The summed E-state index contributed by atoms with van der Waals surface area (Å²) in [5.41, 5.74) is 1.65. The van der Waals surface area contributed by atoms with Crippen LogP contribution in [0.2, 0.25) is 0 Å². The van der Waals surface area contributed by atoms with Gasteiger partial charge in [0.15, 0.2) is 5.82 Å². The maximum absolute atomic E-state index is 12.9. The topological polar surface area (TPSA) is 25.8 Å². The molecular weight excluding hydrogens is 287 g/mol. The molecule has 0 radical (unpaired) electrons. The van der Waals surface area contributed by atoms with Gasteiger partial charge in [-0.15, -0.1) is 0 Å². The van der Waals surface area contributed by atoms with Gasteiger partial charge in [-0.25, -0.2) is 14.4 Å². The van der Waals surface area contributed by atoms with E-state index < -0.39 is 0 Å². The van der Waals surface area contributed by atoms with E-state index in [1.165, 1.54) is 44.2 Å². The number of benzene rings is 1. The summed E-state index contributed by atoms with van der Waals surface area (Å²) >= 11 is 0. The Morgan fingerprint density at radius 3 is 2.30 bits per heavy atom. The number of hydrogen-bond donors (Lipinski definition) is 0. The lowest BCUT2D eigenvalue weighted by atomic mass is 9.81. The third-order valence-electron chi connectivity index (χ3n) is 4.60. The van der Waals surface area contributed by atoms with Crippen LogP contribution in [0.3, 0.4) is 0 Å². The smallest absolute Gasteiger partial charge is 0.159 e. The van der Waals surface area contributed by atoms with E-state index in [1.54, 1.807) is 24.5 Å². The Morgan fingerprint density at radius 2 is 1.70 bits per heavy atom. The SMILES string of the molecule is CC[C@H]1CC[C@H](C#Cc2cnc(-c3ccc(F)cc3)nc2)CC1. The minimum absolute atomic E-state index is 0.256. The average molecular weight is 308 g/mol. The zero-order valence-corrected chi connectivity index (χ0v) is 13.4. The molecule has 0 atom stereocenters. The standard InChI is InChI=1S/C20H21FN2/c1-2-15-3-5-16(6-4-15)7-8-17-13-22-20(23-14-17)18-9-11-19(21)12-10-18/h9-16H,2-6H2,1H3/t15-,16-. The lowest BCUT2D eigenvalue weighted by molar-refractivity contribution is 0.309. The highest BCUT2D eigenvalue weighted by atomic mass is 19.1. The molecule has 2 nitrogen and oxygen atoms in total. The van der Waals surface area contributed by atoms with Crippen LogP contribution in [0.4, 0.5) is 4.39 Å². The Bertz CT molecular complexity index is 687. The van der Waals surface area contributed by atoms with E-state index in [1.807, 2.05) is 0 Å². The highest BCUT2D eigenvalue weighted by Crippen LogP contribution is 2.30. The van der Waals surface area contributed by atoms with Crippen LogP contribution in [0.15, 0.2) is 36.7 Å². The minimum atomic E-state index is -0.256. The fraction of sp³-hybridized carbons (Fsp3) is 0.400. The van der Waals surface area contributed by atoms with Gasteiger partial charge in [-0.1, -0.05) is 25.2 Å². The second kappa shape index (κ2) is 7.37. The quantitative estimate of drug-likeness (QED) is 0.741. The van der Waals surface area contributed by atoms with Crippen molar-refractivity contribution in [3.05, 3.63) is 48.0 Å². The molecule has 0 aliphatic heterocycles. The minimum Gasteiger partial charge on any atom is -0.235 e. The Morgan fingerprint density at radius 1 is 1.04 bits per heavy atom. The van der Waals surface area contributed by atoms with Crippen LogP contribution in [0.1, 0.15) is 44.6 Å². The maximum atomic E-state index is 12.9. The van der Waals surface area contributed by atoms with Gasteiger partial charge < -0.3 is 0 Å². The van der Waals surface area contributed by atoms with Gasteiger partial charge in [0, 0.05) is 23.9 Å². The summed E-state index contributed by atoms with van der Waals surface area (Å²) in [4.78, 5) is 8.66. The zero-order valence-electron chi connectivity index (χ0n) is 13.4. The van der Waals surface area contributed by atoms with Crippen molar-refractivity contribution in [2.75, 3.05) is 0 Å². The number of aromatic nitrogens is 2. The van der Waals surface area contributed by atoms with E-state index >= 15 is 0 Å². The summed E-state index contributed by atoms with van der Waals surface area (Å²) in [6, 6.07) is 6.20. The van der Waals surface area contributed by atoms with Crippen LogP contribution in [0.25, 0.3) is 11.4 Å². The van der Waals surface area contributed by atoms with E-state index in [0.717, 1.165) is 17.0 Å². The van der Waals surface area contributed by atoms with Crippen LogP contribution >= 0.6 is 0 Å². The summed E-state index contributed by atoms with van der Waals surface area (Å²) in [7, 11) is 0. The van der Waals surface area contributed by atoms with Gasteiger partial charge in [-0.2, -0.15) is 0 Å². The molecule has 3 heteroatoms. The Hall–Kier alpha value is -2.21. The largest absolute Gasteiger partial charge is 0.235 e. The third kappa shape index (κ3) is 4.16. The van der Waals surface area contributed by atoms with Crippen molar-refractivity contribution < 1.29 is 4.39 Å². The van der Waals surface area contributed by atoms with E-state index in [-0.39, 0.29) is 5.82 Å². The predicted molar refractivity (Wildman–Crippen MR) is 90.0 cm³/mol. The van der Waals surface area contributed by atoms with Crippen LogP contribution in [0.5, 0.6) is 0 Å². The first-order valence-electron chi connectivity index (χ1n) is 8.34. The van der Waals surface area contributed by atoms with E-state index in [2.05, 4.69) is 28.7 Å². The Kier molecular flexibility index (Phi) is 5.02. The highest BCUT2D eigenvalue weighted by molar-refractivity contribution is 5.54. The summed E-state index contributed by atoms with van der Waals surface area (Å²) in [5.74, 6) is 8.31. The fourth-order valence-electron chi connectivity index (χ4n) is 3.04. The molecule has 1 aliphatic rings. The molecule has 0 amide bonds. The molecule has 0 unspecified atom stereocenters. The molecule has 3 rings (SSSR count). The highest BCUT2D eigenvalue weighted by Gasteiger charge is 2.18.